The van der Waals surface area contributed by atoms with Crippen LogP contribution >= 0.6 is 0 Å². The van der Waals surface area contributed by atoms with Crippen LogP contribution in [-0.2, 0) is 6.42 Å². The van der Waals surface area contributed by atoms with Gasteiger partial charge in [-0.1, -0.05) is 24.3 Å². The molecule has 2 aliphatic rings. The average molecular weight is 446 g/mol. The highest BCUT2D eigenvalue weighted by Gasteiger charge is 2.39. The van der Waals surface area contributed by atoms with Crippen LogP contribution in [0.2, 0.25) is 0 Å². The molecule has 2 aliphatic heterocycles. The highest BCUT2D eigenvalue weighted by Crippen LogP contribution is 2.39. The second kappa shape index (κ2) is 9.15. The molecule has 8 nitrogen and oxygen atoms in total. The molecule has 0 saturated carbocycles. The fraction of sp³-hybridized carbons (Fsp3) is 0.360. The first-order valence-corrected chi connectivity index (χ1v) is 11.3. The van der Waals surface area contributed by atoms with Crippen LogP contribution < -0.4 is 15.0 Å². The normalized spacial score (nSPS) is 17.7. The van der Waals surface area contributed by atoms with Crippen molar-refractivity contribution in [2.75, 3.05) is 24.5 Å². The van der Waals surface area contributed by atoms with Gasteiger partial charge in [0.1, 0.15) is 11.4 Å². The maximum atomic E-state index is 12.4. The summed E-state index contributed by atoms with van der Waals surface area (Å²) < 4.78 is 6.43. The summed E-state index contributed by atoms with van der Waals surface area (Å²) in [7, 11) is 0. The lowest BCUT2D eigenvalue weighted by Gasteiger charge is -2.44. The Morgan fingerprint density at radius 3 is 2.70 bits per heavy atom. The van der Waals surface area contributed by atoms with E-state index in [0.29, 0.717) is 5.56 Å². The predicted molar refractivity (Wildman–Crippen MR) is 123 cm³/mol. The molecule has 2 aromatic heterocycles. The number of hydrogen-bond donors (Lipinski definition) is 2. The minimum Gasteiger partial charge on any atom is -0.487 e. The van der Waals surface area contributed by atoms with Gasteiger partial charge < -0.3 is 20.1 Å². The summed E-state index contributed by atoms with van der Waals surface area (Å²) >= 11 is 0. The van der Waals surface area contributed by atoms with Crippen LogP contribution in [0.1, 0.15) is 47.0 Å². The zero-order chi connectivity index (χ0) is 22.7. The summed E-state index contributed by atoms with van der Waals surface area (Å²) in [6, 6.07) is 15.3. The number of hydrogen-bond acceptors (Lipinski definition) is 7. The van der Waals surface area contributed by atoms with E-state index in [-0.39, 0.29) is 23.7 Å². The van der Waals surface area contributed by atoms with Gasteiger partial charge in [0.15, 0.2) is 11.5 Å². The van der Waals surface area contributed by atoms with Gasteiger partial charge in [0.25, 0.3) is 5.91 Å². The lowest BCUT2D eigenvalue weighted by Crippen LogP contribution is -2.50. The molecule has 1 aromatic carbocycles. The molecule has 1 amide bonds. The van der Waals surface area contributed by atoms with Crippen LogP contribution in [0.15, 0.2) is 60.9 Å². The van der Waals surface area contributed by atoms with Crippen LogP contribution in [0.5, 0.6) is 5.75 Å². The molecule has 170 valence electrons. The molecular formula is C25H27N5O3. The Hall–Kier alpha value is -3.52. The quantitative estimate of drug-likeness (QED) is 0.623. The maximum absolute atomic E-state index is 12.4. The fourth-order valence-corrected chi connectivity index (χ4v) is 4.54. The molecule has 1 saturated heterocycles. The second-order valence-electron chi connectivity index (χ2n) is 8.67. The van der Waals surface area contributed by atoms with E-state index < -0.39 is 6.10 Å². The number of para-hydroxylation sites is 1. The van der Waals surface area contributed by atoms with Gasteiger partial charge in [-0.3, -0.25) is 9.78 Å². The fourth-order valence-electron chi connectivity index (χ4n) is 4.54. The molecule has 0 aliphatic carbocycles. The first-order chi connectivity index (χ1) is 16.1. The third kappa shape index (κ3) is 4.66. The molecule has 1 fully saturated rings. The first kappa shape index (κ1) is 21.3. The van der Waals surface area contributed by atoms with Crippen molar-refractivity contribution < 1.29 is 14.6 Å². The molecular weight excluding hydrogens is 418 g/mol. The SMILES string of the molecule is O=C(NCC(O)c1cccnc1)c1ccc(N2CCC3(CCc4ccccc4O3)CC2)nn1. The number of ether oxygens (including phenoxy) is 1. The molecule has 5 rings (SSSR count). The van der Waals surface area contributed by atoms with E-state index in [9.17, 15) is 9.90 Å². The van der Waals surface area contributed by atoms with Crippen molar-refractivity contribution in [2.24, 2.45) is 0 Å². The van der Waals surface area contributed by atoms with Crippen molar-refractivity contribution in [3.8, 4) is 5.75 Å². The molecule has 0 bridgehead atoms. The van der Waals surface area contributed by atoms with E-state index >= 15 is 0 Å². The summed E-state index contributed by atoms with van der Waals surface area (Å²) in [6.45, 7) is 1.74. The van der Waals surface area contributed by atoms with Crippen molar-refractivity contribution in [3.63, 3.8) is 0 Å². The molecule has 0 radical (unpaired) electrons. The summed E-state index contributed by atoms with van der Waals surface area (Å²) in [6.07, 6.45) is 6.32. The number of benzene rings is 1. The second-order valence-corrected chi connectivity index (χ2v) is 8.67. The summed E-state index contributed by atoms with van der Waals surface area (Å²) in [5.41, 5.74) is 2.05. The van der Waals surface area contributed by atoms with Gasteiger partial charge in [0.2, 0.25) is 0 Å². The Bertz CT molecular complexity index is 1100. The average Bonchev–Trinajstić information content (AvgIpc) is 2.88. The molecule has 2 N–H and O–H groups in total. The summed E-state index contributed by atoms with van der Waals surface area (Å²) in [5, 5.41) is 21.3. The van der Waals surface area contributed by atoms with Gasteiger partial charge in [-0.05, 0) is 42.7 Å². The minimum atomic E-state index is -0.829. The van der Waals surface area contributed by atoms with Crippen molar-refractivity contribution in [1.29, 1.82) is 0 Å². The number of pyridine rings is 1. The number of carbonyl (C=O) groups is 1. The van der Waals surface area contributed by atoms with Gasteiger partial charge in [-0.25, -0.2) is 0 Å². The third-order valence-electron chi connectivity index (χ3n) is 6.56. The van der Waals surface area contributed by atoms with E-state index in [4.69, 9.17) is 4.74 Å². The molecule has 1 spiro atoms. The smallest absolute Gasteiger partial charge is 0.271 e. The third-order valence-corrected chi connectivity index (χ3v) is 6.56. The molecule has 8 heteroatoms. The Balaban J connectivity index is 1.15. The number of nitrogens with one attached hydrogen (secondary N) is 1. The van der Waals surface area contributed by atoms with Crippen molar-refractivity contribution in [3.05, 3.63) is 77.7 Å². The summed E-state index contributed by atoms with van der Waals surface area (Å²) in [4.78, 5) is 18.6. The zero-order valence-electron chi connectivity index (χ0n) is 18.4. The van der Waals surface area contributed by atoms with E-state index in [1.807, 2.05) is 12.1 Å². The van der Waals surface area contributed by atoms with Crippen LogP contribution in [0, 0.1) is 0 Å². The highest BCUT2D eigenvalue weighted by molar-refractivity contribution is 5.92. The number of anilines is 1. The van der Waals surface area contributed by atoms with Crippen molar-refractivity contribution >= 4 is 11.7 Å². The van der Waals surface area contributed by atoms with Gasteiger partial charge >= 0.3 is 0 Å². The number of rotatable bonds is 5. The monoisotopic (exact) mass is 445 g/mol. The van der Waals surface area contributed by atoms with E-state index in [2.05, 4.69) is 43.6 Å². The van der Waals surface area contributed by atoms with Crippen molar-refractivity contribution in [1.82, 2.24) is 20.5 Å². The van der Waals surface area contributed by atoms with Gasteiger partial charge in [0, 0.05) is 50.4 Å². The van der Waals surface area contributed by atoms with Crippen molar-refractivity contribution in [2.45, 2.75) is 37.4 Å². The number of aliphatic hydroxyl groups excluding tert-OH is 1. The standard InChI is InChI=1S/C25H27N5O3/c31-21(19-5-3-13-26-16-19)17-27-24(32)20-7-8-23(29-28-20)30-14-11-25(12-15-30)10-9-18-4-1-2-6-22(18)33-25/h1-8,13,16,21,31H,9-12,14-15,17H2,(H,27,32). The Morgan fingerprint density at radius 2 is 1.94 bits per heavy atom. The predicted octanol–water partition coefficient (Wildman–Crippen LogP) is 2.70. The molecule has 4 heterocycles. The van der Waals surface area contributed by atoms with Crippen LogP contribution in [0.25, 0.3) is 0 Å². The zero-order valence-corrected chi connectivity index (χ0v) is 18.4. The number of aliphatic hydroxyl groups is 1. The van der Waals surface area contributed by atoms with E-state index in [1.165, 1.54) is 5.56 Å². The van der Waals surface area contributed by atoms with Crippen LogP contribution in [-0.4, -0.2) is 51.4 Å². The number of amides is 1. The van der Waals surface area contributed by atoms with Gasteiger partial charge in [0.05, 0.1) is 6.10 Å². The highest BCUT2D eigenvalue weighted by atomic mass is 16.5. The number of piperidine rings is 1. The van der Waals surface area contributed by atoms with Gasteiger partial charge in [-0.15, -0.1) is 10.2 Å². The number of fused-ring (bicyclic) bond motifs is 1. The topological polar surface area (TPSA) is 100 Å². The Morgan fingerprint density at radius 1 is 1.09 bits per heavy atom. The number of nitrogens with zero attached hydrogens (tertiary/aromatic N) is 4. The first-order valence-electron chi connectivity index (χ1n) is 11.3. The van der Waals surface area contributed by atoms with Crippen LogP contribution in [0.4, 0.5) is 5.82 Å². The Labute approximate surface area is 192 Å². The molecule has 3 aromatic rings. The minimum absolute atomic E-state index is 0.0747. The number of aromatic nitrogens is 3. The van der Waals surface area contributed by atoms with Crippen LogP contribution in [0.3, 0.4) is 0 Å². The maximum Gasteiger partial charge on any atom is 0.271 e. The molecule has 33 heavy (non-hydrogen) atoms. The molecule has 1 atom stereocenters. The number of aryl methyl sites for hydroxylation is 1. The number of carbonyl (C=O) groups excluding carboxylic acids is 1. The van der Waals surface area contributed by atoms with E-state index in [1.54, 1.807) is 30.6 Å². The largest absolute Gasteiger partial charge is 0.487 e. The lowest BCUT2D eigenvalue weighted by atomic mass is 9.83. The van der Waals surface area contributed by atoms with Gasteiger partial charge in [-0.2, -0.15) is 0 Å². The lowest BCUT2D eigenvalue weighted by molar-refractivity contribution is 0.0224. The Kier molecular flexibility index (Phi) is 5.92. The van der Waals surface area contributed by atoms with E-state index in [0.717, 1.165) is 50.3 Å². The summed E-state index contributed by atoms with van der Waals surface area (Å²) in [5.74, 6) is 1.40. The molecule has 1 unspecified atom stereocenters.